The minimum Gasteiger partial charge on any atom is -0.492 e. The second-order valence-electron chi connectivity index (χ2n) is 9.39. The Labute approximate surface area is 234 Å². The molecule has 38 heavy (non-hydrogen) atoms. The van der Waals surface area contributed by atoms with Crippen molar-refractivity contribution < 1.29 is 9.53 Å². The number of para-hydroxylation sites is 2. The number of carbonyl (C=O) groups is 1. The van der Waals surface area contributed by atoms with Gasteiger partial charge in [-0.15, -0.1) is 11.6 Å². The van der Waals surface area contributed by atoms with Crippen molar-refractivity contribution in [3.8, 4) is 5.75 Å². The first-order chi connectivity index (χ1) is 18.4. The summed E-state index contributed by atoms with van der Waals surface area (Å²) in [5, 5.41) is 3.00. The molecule has 0 heterocycles. The summed E-state index contributed by atoms with van der Waals surface area (Å²) in [6.07, 6.45) is 0. The topological polar surface area (TPSA) is 44.8 Å². The number of likely N-dealkylation sites (N-methyl/N-ethyl adjacent to an activating group) is 1. The molecular formula is C32H44ClN3O2. The maximum absolute atomic E-state index is 11.9. The molecule has 0 aliphatic rings. The van der Waals surface area contributed by atoms with Crippen molar-refractivity contribution in [1.82, 2.24) is 9.80 Å². The van der Waals surface area contributed by atoms with Crippen molar-refractivity contribution in [3.63, 3.8) is 0 Å². The Kier molecular flexibility index (Phi) is 14.5. The minimum atomic E-state index is 0.0612. The molecule has 1 unspecified atom stereocenters. The van der Waals surface area contributed by atoms with Crippen LogP contribution >= 0.6 is 11.6 Å². The Balaban J connectivity index is 0.000000273. The van der Waals surface area contributed by atoms with E-state index in [9.17, 15) is 4.79 Å². The highest BCUT2D eigenvalue weighted by molar-refractivity contribution is 6.18. The Bertz CT molecular complexity index is 1040. The van der Waals surface area contributed by atoms with Crippen LogP contribution in [0, 0.1) is 13.8 Å². The highest BCUT2D eigenvalue weighted by Crippen LogP contribution is 2.19. The number of ether oxygens (including phenoxy) is 1. The monoisotopic (exact) mass is 537 g/mol. The first kappa shape index (κ1) is 31.4. The SMILES string of the molecule is CC(COc1ccccc1)N(CCCl)Cc1ccccc1.CCN(CC)CC(=O)Nc1c(C)cccc1C. The number of amides is 1. The van der Waals surface area contributed by atoms with Crippen LogP contribution < -0.4 is 10.1 Å². The lowest BCUT2D eigenvalue weighted by Crippen LogP contribution is -2.38. The predicted octanol–water partition coefficient (Wildman–Crippen LogP) is 6.78. The third-order valence-electron chi connectivity index (χ3n) is 6.47. The van der Waals surface area contributed by atoms with E-state index < -0.39 is 0 Å². The average molecular weight is 538 g/mol. The maximum atomic E-state index is 11.9. The molecule has 1 atom stereocenters. The third-order valence-corrected chi connectivity index (χ3v) is 6.63. The van der Waals surface area contributed by atoms with E-state index in [1.807, 2.05) is 68.4 Å². The van der Waals surface area contributed by atoms with Crippen molar-refractivity contribution in [1.29, 1.82) is 0 Å². The quantitative estimate of drug-likeness (QED) is 0.244. The van der Waals surface area contributed by atoms with Gasteiger partial charge in [0.2, 0.25) is 5.91 Å². The molecule has 5 nitrogen and oxygen atoms in total. The molecular weight excluding hydrogens is 494 g/mol. The third kappa shape index (κ3) is 11.3. The molecule has 0 aliphatic carbocycles. The summed E-state index contributed by atoms with van der Waals surface area (Å²) in [6.45, 7) is 15.0. The van der Waals surface area contributed by atoms with E-state index in [-0.39, 0.29) is 5.91 Å². The number of hydrogen-bond acceptors (Lipinski definition) is 4. The average Bonchev–Trinajstić information content (AvgIpc) is 2.94. The second kappa shape index (κ2) is 17.6. The molecule has 1 amide bonds. The Morgan fingerprint density at radius 3 is 2.03 bits per heavy atom. The summed E-state index contributed by atoms with van der Waals surface area (Å²) in [5.74, 6) is 1.60. The van der Waals surface area contributed by atoms with Crippen LogP contribution in [-0.4, -0.2) is 60.4 Å². The Morgan fingerprint density at radius 1 is 0.895 bits per heavy atom. The molecule has 1 N–H and O–H groups in total. The molecule has 0 spiro atoms. The number of anilines is 1. The zero-order valence-electron chi connectivity index (χ0n) is 23.6. The molecule has 0 fully saturated rings. The lowest BCUT2D eigenvalue weighted by Gasteiger charge is -2.28. The van der Waals surface area contributed by atoms with Gasteiger partial charge < -0.3 is 10.1 Å². The van der Waals surface area contributed by atoms with Gasteiger partial charge in [0.1, 0.15) is 12.4 Å². The first-order valence-electron chi connectivity index (χ1n) is 13.5. The van der Waals surface area contributed by atoms with E-state index in [2.05, 4.69) is 60.2 Å². The fourth-order valence-electron chi connectivity index (χ4n) is 4.06. The van der Waals surface area contributed by atoms with Crippen LogP contribution in [0.5, 0.6) is 5.75 Å². The molecule has 206 valence electrons. The molecule has 3 aromatic carbocycles. The van der Waals surface area contributed by atoms with Crippen molar-refractivity contribution >= 4 is 23.2 Å². The van der Waals surface area contributed by atoms with Crippen LogP contribution in [0.4, 0.5) is 5.69 Å². The highest BCUT2D eigenvalue weighted by atomic mass is 35.5. The number of carbonyl (C=O) groups excluding carboxylic acids is 1. The van der Waals surface area contributed by atoms with Crippen molar-refractivity contribution in [2.75, 3.05) is 44.0 Å². The van der Waals surface area contributed by atoms with E-state index in [0.29, 0.717) is 25.1 Å². The normalized spacial score (nSPS) is 11.6. The van der Waals surface area contributed by atoms with Gasteiger partial charge >= 0.3 is 0 Å². The van der Waals surface area contributed by atoms with Crippen LogP contribution in [-0.2, 0) is 11.3 Å². The van der Waals surface area contributed by atoms with Gasteiger partial charge in [-0.2, -0.15) is 0 Å². The number of rotatable bonds is 13. The lowest BCUT2D eigenvalue weighted by atomic mass is 10.1. The van der Waals surface area contributed by atoms with Crippen molar-refractivity contribution in [2.24, 2.45) is 0 Å². The molecule has 0 aliphatic heterocycles. The molecule has 0 bridgehead atoms. The number of alkyl halides is 1. The van der Waals surface area contributed by atoms with E-state index in [1.54, 1.807) is 0 Å². The van der Waals surface area contributed by atoms with Gasteiger partial charge in [0.25, 0.3) is 0 Å². The van der Waals surface area contributed by atoms with Crippen LogP contribution in [0.25, 0.3) is 0 Å². The largest absolute Gasteiger partial charge is 0.492 e. The zero-order chi connectivity index (χ0) is 27.8. The summed E-state index contributed by atoms with van der Waals surface area (Å²) in [4.78, 5) is 16.3. The molecule has 0 saturated heterocycles. The van der Waals surface area contributed by atoms with Gasteiger partial charge in [-0.05, 0) is 62.7 Å². The van der Waals surface area contributed by atoms with Gasteiger partial charge in [0.05, 0.1) is 6.54 Å². The van der Waals surface area contributed by atoms with E-state index in [4.69, 9.17) is 16.3 Å². The fourth-order valence-corrected chi connectivity index (χ4v) is 4.28. The van der Waals surface area contributed by atoms with Gasteiger partial charge in [-0.25, -0.2) is 0 Å². The maximum Gasteiger partial charge on any atom is 0.238 e. The smallest absolute Gasteiger partial charge is 0.238 e. The molecule has 3 rings (SSSR count). The van der Waals surface area contributed by atoms with Gasteiger partial charge in [-0.1, -0.05) is 80.6 Å². The van der Waals surface area contributed by atoms with Crippen molar-refractivity contribution in [2.45, 2.75) is 47.2 Å². The number of nitrogens with one attached hydrogen (secondary N) is 1. The molecule has 0 radical (unpaired) electrons. The van der Waals surface area contributed by atoms with Crippen LogP contribution in [0.2, 0.25) is 0 Å². The summed E-state index contributed by atoms with van der Waals surface area (Å²) < 4.78 is 5.85. The Morgan fingerprint density at radius 2 is 1.47 bits per heavy atom. The van der Waals surface area contributed by atoms with E-state index >= 15 is 0 Å². The number of benzene rings is 3. The summed E-state index contributed by atoms with van der Waals surface area (Å²) in [5.41, 5.74) is 4.47. The second-order valence-corrected chi connectivity index (χ2v) is 9.77. The lowest BCUT2D eigenvalue weighted by molar-refractivity contribution is -0.117. The van der Waals surface area contributed by atoms with E-state index in [1.165, 1.54) is 5.56 Å². The van der Waals surface area contributed by atoms with Gasteiger partial charge in [-0.3, -0.25) is 14.6 Å². The predicted molar refractivity (Wildman–Crippen MR) is 161 cm³/mol. The zero-order valence-corrected chi connectivity index (χ0v) is 24.4. The standard InChI is InChI=1S/C18H22ClNO.C14H22N2O/c1-16(15-21-18-10-6-3-7-11-18)20(13-12-19)14-17-8-4-2-5-9-17;1-5-16(6-2)10-13(17)15-14-11(3)8-7-9-12(14)4/h2-11,16H,12-15H2,1H3;7-9H,5-6,10H2,1-4H3,(H,15,17). The van der Waals surface area contributed by atoms with Gasteiger partial charge in [0.15, 0.2) is 0 Å². The van der Waals surface area contributed by atoms with Gasteiger partial charge in [0, 0.05) is 30.7 Å². The Hall–Kier alpha value is -2.86. The van der Waals surface area contributed by atoms with E-state index in [0.717, 1.165) is 48.7 Å². The highest BCUT2D eigenvalue weighted by Gasteiger charge is 2.14. The van der Waals surface area contributed by atoms with Crippen LogP contribution in [0.1, 0.15) is 37.5 Å². The number of halogens is 1. The summed E-state index contributed by atoms with van der Waals surface area (Å²) in [6, 6.07) is 26.7. The van der Waals surface area contributed by atoms with Crippen LogP contribution in [0.15, 0.2) is 78.9 Å². The molecule has 3 aromatic rings. The number of nitrogens with zero attached hydrogens (tertiary/aromatic N) is 2. The number of hydrogen-bond donors (Lipinski definition) is 1. The molecule has 0 saturated carbocycles. The molecule has 0 aromatic heterocycles. The summed E-state index contributed by atoms with van der Waals surface area (Å²) >= 11 is 5.94. The first-order valence-corrected chi connectivity index (χ1v) is 14.0. The van der Waals surface area contributed by atoms with Crippen molar-refractivity contribution in [3.05, 3.63) is 95.6 Å². The fraction of sp³-hybridized carbons (Fsp3) is 0.406. The molecule has 6 heteroatoms. The number of aryl methyl sites for hydroxylation is 2. The minimum absolute atomic E-state index is 0.0612. The van der Waals surface area contributed by atoms with Crippen LogP contribution in [0.3, 0.4) is 0 Å². The summed E-state index contributed by atoms with van der Waals surface area (Å²) in [7, 11) is 0.